The van der Waals surface area contributed by atoms with Gasteiger partial charge < -0.3 is 19.3 Å². The van der Waals surface area contributed by atoms with Crippen molar-refractivity contribution >= 4 is 23.7 Å². The molecule has 27 heavy (non-hydrogen) atoms. The molecule has 0 radical (unpaired) electrons. The minimum atomic E-state index is -1.12. The van der Waals surface area contributed by atoms with Gasteiger partial charge in [-0.2, -0.15) is 11.8 Å². The van der Waals surface area contributed by atoms with E-state index in [-0.39, 0.29) is 6.61 Å². The number of carbonyl (C=O) groups excluding carboxylic acids is 2. The van der Waals surface area contributed by atoms with Crippen LogP contribution in [0.3, 0.4) is 0 Å². The average Bonchev–Trinajstić information content (AvgIpc) is 3.01. The minimum Gasteiger partial charge on any atom is -0.459 e. The molecule has 4 atom stereocenters. The Morgan fingerprint density at radius 1 is 1.00 bits per heavy atom. The quantitative estimate of drug-likeness (QED) is 0.762. The molecule has 142 valence electrons. The van der Waals surface area contributed by atoms with E-state index in [1.807, 2.05) is 0 Å². The van der Waals surface area contributed by atoms with Crippen molar-refractivity contribution in [3.05, 3.63) is 71.8 Å². The number of benzene rings is 2. The second-order valence-corrected chi connectivity index (χ2v) is 6.98. The minimum absolute atomic E-state index is 0.130. The van der Waals surface area contributed by atoms with Crippen LogP contribution in [0.25, 0.3) is 0 Å². The van der Waals surface area contributed by atoms with Crippen molar-refractivity contribution in [1.29, 1.82) is 0 Å². The fraction of sp³-hybridized carbons (Fsp3) is 0.300. The van der Waals surface area contributed by atoms with Crippen molar-refractivity contribution in [3.8, 4) is 0 Å². The standard InChI is InChI=1S/C20H20O6S/c1-27-17-16(26-19(22)14-10-6-3-7-11-14)15(25-20(17)23)12-24-18(21)13-8-4-2-5-9-13/h2-11,15-17,20,23H,12H2,1H3/t15-,16+,17-,20-/m0/s1. The Kier molecular flexibility index (Phi) is 6.49. The molecule has 0 aliphatic carbocycles. The van der Waals surface area contributed by atoms with E-state index in [0.717, 1.165) is 0 Å². The summed E-state index contributed by atoms with van der Waals surface area (Å²) in [5.41, 5.74) is 0.814. The molecule has 1 fully saturated rings. The van der Waals surface area contributed by atoms with E-state index < -0.39 is 35.7 Å². The van der Waals surface area contributed by atoms with Crippen LogP contribution in [-0.4, -0.2) is 53.7 Å². The number of ether oxygens (including phenoxy) is 3. The maximum Gasteiger partial charge on any atom is 0.338 e. The normalized spacial score (nSPS) is 24.4. The van der Waals surface area contributed by atoms with Crippen LogP contribution in [0.1, 0.15) is 20.7 Å². The van der Waals surface area contributed by atoms with Gasteiger partial charge in [0.25, 0.3) is 0 Å². The van der Waals surface area contributed by atoms with Crippen molar-refractivity contribution in [2.45, 2.75) is 23.7 Å². The first-order valence-corrected chi connectivity index (χ1v) is 9.73. The summed E-state index contributed by atoms with van der Waals surface area (Å²) in [6.45, 7) is -0.130. The summed E-state index contributed by atoms with van der Waals surface area (Å²) in [5.74, 6) is -1.02. The molecular weight excluding hydrogens is 368 g/mol. The van der Waals surface area contributed by atoms with Crippen molar-refractivity contribution in [3.63, 3.8) is 0 Å². The lowest BCUT2D eigenvalue weighted by atomic mass is 10.1. The maximum absolute atomic E-state index is 12.4. The van der Waals surface area contributed by atoms with Crippen LogP contribution in [0.5, 0.6) is 0 Å². The van der Waals surface area contributed by atoms with Crippen molar-refractivity contribution < 1.29 is 28.9 Å². The summed E-state index contributed by atoms with van der Waals surface area (Å²) < 4.78 is 16.4. The smallest absolute Gasteiger partial charge is 0.338 e. The lowest BCUT2D eigenvalue weighted by Gasteiger charge is -2.22. The molecule has 1 N–H and O–H groups in total. The molecule has 2 aromatic carbocycles. The highest BCUT2D eigenvalue weighted by atomic mass is 32.2. The summed E-state index contributed by atoms with van der Waals surface area (Å²) >= 11 is 1.33. The van der Waals surface area contributed by atoms with Crippen LogP contribution in [0, 0.1) is 0 Å². The molecule has 7 heteroatoms. The van der Waals surface area contributed by atoms with E-state index >= 15 is 0 Å². The molecule has 0 saturated carbocycles. The van der Waals surface area contributed by atoms with Crippen LogP contribution < -0.4 is 0 Å². The fourth-order valence-corrected chi connectivity index (χ4v) is 3.61. The number of esters is 2. The lowest BCUT2D eigenvalue weighted by Crippen LogP contribution is -2.37. The SMILES string of the molecule is CS[C@H]1[C@H](OC(=O)c2ccccc2)[C@H](COC(=O)c2ccccc2)O[C@@H]1O. The highest BCUT2D eigenvalue weighted by Crippen LogP contribution is 2.31. The van der Waals surface area contributed by atoms with Gasteiger partial charge in [-0.15, -0.1) is 0 Å². The summed E-state index contributed by atoms with van der Waals surface area (Å²) in [6.07, 6.45) is -0.822. The summed E-state index contributed by atoms with van der Waals surface area (Å²) in [4.78, 5) is 24.5. The third kappa shape index (κ3) is 4.68. The Bertz CT molecular complexity index is 767. The van der Waals surface area contributed by atoms with E-state index in [9.17, 15) is 14.7 Å². The second kappa shape index (κ2) is 9.03. The van der Waals surface area contributed by atoms with Crippen molar-refractivity contribution in [2.75, 3.05) is 12.9 Å². The largest absolute Gasteiger partial charge is 0.459 e. The van der Waals surface area contributed by atoms with Crippen LogP contribution in [0.2, 0.25) is 0 Å². The predicted octanol–water partition coefficient (Wildman–Crippen LogP) is 2.52. The molecule has 6 nitrogen and oxygen atoms in total. The Balaban J connectivity index is 1.67. The summed E-state index contributed by atoms with van der Waals surface area (Å²) in [6, 6.07) is 17.1. The molecule has 1 aliphatic heterocycles. The number of aliphatic hydroxyl groups is 1. The Labute approximate surface area is 161 Å². The van der Waals surface area contributed by atoms with Crippen LogP contribution in [0.4, 0.5) is 0 Å². The number of carbonyl (C=O) groups is 2. The molecule has 2 aromatic rings. The van der Waals surface area contributed by atoms with Gasteiger partial charge in [0, 0.05) is 0 Å². The molecule has 1 saturated heterocycles. The first-order valence-electron chi connectivity index (χ1n) is 8.44. The van der Waals surface area contributed by atoms with Gasteiger partial charge >= 0.3 is 11.9 Å². The van der Waals surface area contributed by atoms with Gasteiger partial charge in [-0.1, -0.05) is 36.4 Å². The Morgan fingerprint density at radius 3 is 2.11 bits per heavy atom. The molecule has 0 aromatic heterocycles. The molecule has 0 unspecified atom stereocenters. The van der Waals surface area contributed by atoms with Crippen LogP contribution in [0.15, 0.2) is 60.7 Å². The van der Waals surface area contributed by atoms with E-state index in [1.54, 1.807) is 66.9 Å². The molecule has 1 aliphatic rings. The molecule has 0 spiro atoms. The van der Waals surface area contributed by atoms with Crippen molar-refractivity contribution in [1.82, 2.24) is 0 Å². The fourth-order valence-electron chi connectivity index (χ4n) is 2.82. The van der Waals surface area contributed by atoms with E-state index in [1.165, 1.54) is 11.8 Å². The zero-order valence-electron chi connectivity index (χ0n) is 14.7. The topological polar surface area (TPSA) is 82.1 Å². The van der Waals surface area contributed by atoms with E-state index in [4.69, 9.17) is 14.2 Å². The Morgan fingerprint density at radius 2 is 1.56 bits per heavy atom. The third-order valence-corrected chi connectivity index (χ3v) is 5.24. The lowest BCUT2D eigenvalue weighted by molar-refractivity contribution is -0.109. The summed E-state index contributed by atoms with van der Waals surface area (Å²) in [7, 11) is 0. The highest BCUT2D eigenvalue weighted by molar-refractivity contribution is 7.99. The van der Waals surface area contributed by atoms with Gasteiger partial charge in [0.15, 0.2) is 6.29 Å². The van der Waals surface area contributed by atoms with Gasteiger partial charge in [-0.05, 0) is 30.5 Å². The maximum atomic E-state index is 12.4. The number of hydrogen-bond donors (Lipinski definition) is 1. The average molecular weight is 388 g/mol. The van der Waals surface area contributed by atoms with E-state index in [2.05, 4.69) is 0 Å². The molecule has 1 heterocycles. The van der Waals surface area contributed by atoms with Crippen LogP contribution >= 0.6 is 11.8 Å². The first kappa shape index (κ1) is 19.4. The van der Waals surface area contributed by atoms with Crippen LogP contribution in [-0.2, 0) is 14.2 Å². The van der Waals surface area contributed by atoms with Gasteiger partial charge in [0.2, 0.25) is 0 Å². The molecule has 0 bridgehead atoms. The van der Waals surface area contributed by atoms with Gasteiger partial charge in [-0.25, -0.2) is 9.59 Å². The Hall–Kier alpha value is -2.35. The second-order valence-electron chi connectivity index (χ2n) is 5.97. The zero-order chi connectivity index (χ0) is 19.2. The number of thioether (sulfide) groups is 1. The number of rotatable bonds is 6. The monoisotopic (exact) mass is 388 g/mol. The van der Waals surface area contributed by atoms with Crippen molar-refractivity contribution in [2.24, 2.45) is 0 Å². The van der Waals surface area contributed by atoms with Gasteiger partial charge in [0.05, 0.1) is 16.4 Å². The number of aliphatic hydroxyl groups excluding tert-OH is 1. The number of hydrogen-bond acceptors (Lipinski definition) is 7. The molecular formula is C20H20O6S. The molecule has 0 amide bonds. The third-order valence-electron chi connectivity index (χ3n) is 4.20. The summed E-state index contributed by atoms with van der Waals surface area (Å²) in [5, 5.41) is 9.65. The predicted molar refractivity (Wildman–Crippen MR) is 101 cm³/mol. The molecule has 3 rings (SSSR count). The van der Waals surface area contributed by atoms with Gasteiger partial charge in [0.1, 0.15) is 18.8 Å². The van der Waals surface area contributed by atoms with E-state index in [0.29, 0.717) is 11.1 Å². The van der Waals surface area contributed by atoms with Gasteiger partial charge in [-0.3, -0.25) is 0 Å². The zero-order valence-corrected chi connectivity index (χ0v) is 15.5. The highest BCUT2D eigenvalue weighted by Gasteiger charge is 2.46. The first-order chi connectivity index (χ1) is 13.1.